The van der Waals surface area contributed by atoms with Crippen LogP contribution in [0.25, 0.3) is 5.69 Å². The van der Waals surface area contributed by atoms with Crippen molar-refractivity contribution in [1.82, 2.24) is 25.6 Å². The Morgan fingerprint density at radius 1 is 1.40 bits per heavy atom. The smallest absolute Gasteiger partial charge is 0.315 e. The summed E-state index contributed by atoms with van der Waals surface area (Å²) < 4.78 is 1.64. The van der Waals surface area contributed by atoms with Crippen LogP contribution in [0.1, 0.15) is 12.6 Å². The molecule has 0 aliphatic rings. The van der Waals surface area contributed by atoms with Crippen molar-refractivity contribution >= 4 is 6.03 Å². The number of para-hydroxylation sites is 1. The lowest BCUT2D eigenvalue weighted by Gasteiger charge is -2.10. The average Bonchev–Trinajstić information content (AvgIpc) is 2.95. The molecule has 1 unspecified atom stereocenters. The predicted molar refractivity (Wildman–Crippen MR) is 73.3 cm³/mol. The summed E-state index contributed by atoms with van der Waals surface area (Å²) in [6.07, 6.45) is 1.76. The minimum Gasteiger partial charge on any atom is -0.394 e. The Labute approximate surface area is 116 Å². The molecule has 1 aromatic heterocycles. The van der Waals surface area contributed by atoms with Gasteiger partial charge in [-0.25, -0.2) is 9.48 Å². The Hall–Kier alpha value is -2.41. The molecule has 0 saturated carbocycles. The number of hydrogen-bond donors (Lipinski definition) is 3. The van der Waals surface area contributed by atoms with Gasteiger partial charge in [0.2, 0.25) is 0 Å². The normalized spacial score (nSPS) is 11.9. The molecule has 2 rings (SSSR count). The first-order valence-electron chi connectivity index (χ1n) is 6.31. The molecule has 0 spiro atoms. The van der Waals surface area contributed by atoms with E-state index in [4.69, 9.17) is 5.11 Å². The summed E-state index contributed by atoms with van der Waals surface area (Å²) in [6, 6.07) is 8.96. The van der Waals surface area contributed by atoms with Gasteiger partial charge in [-0.1, -0.05) is 23.4 Å². The average molecular weight is 275 g/mol. The molecule has 20 heavy (non-hydrogen) atoms. The second-order valence-corrected chi connectivity index (χ2v) is 4.40. The van der Waals surface area contributed by atoms with Gasteiger partial charge in [0.25, 0.3) is 0 Å². The summed E-state index contributed by atoms with van der Waals surface area (Å²) in [5.41, 5.74) is 1.56. The Morgan fingerprint density at radius 3 is 2.85 bits per heavy atom. The maximum Gasteiger partial charge on any atom is 0.315 e. The van der Waals surface area contributed by atoms with Crippen molar-refractivity contribution in [2.24, 2.45) is 0 Å². The largest absolute Gasteiger partial charge is 0.394 e. The van der Waals surface area contributed by atoms with Crippen LogP contribution >= 0.6 is 0 Å². The summed E-state index contributed by atoms with van der Waals surface area (Å²) in [7, 11) is 0. The third-order valence-corrected chi connectivity index (χ3v) is 2.64. The SMILES string of the molecule is CC(CO)NC(=O)NCc1cn(-c2ccccc2)nn1. The van der Waals surface area contributed by atoms with Gasteiger partial charge in [-0.15, -0.1) is 5.10 Å². The molecular formula is C13H17N5O2. The van der Waals surface area contributed by atoms with Gasteiger partial charge < -0.3 is 15.7 Å². The molecule has 1 aromatic carbocycles. The predicted octanol–water partition coefficient (Wildman–Crippen LogP) is 0.447. The maximum absolute atomic E-state index is 11.5. The van der Waals surface area contributed by atoms with E-state index in [1.54, 1.807) is 17.8 Å². The lowest BCUT2D eigenvalue weighted by Crippen LogP contribution is -2.42. The summed E-state index contributed by atoms with van der Waals surface area (Å²) in [5, 5.41) is 22.0. The van der Waals surface area contributed by atoms with Gasteiger partial charge >= 0.3 is 6.03 Å². The highest BCUT2D eigenvalue weighted by molar-refractivity contribution is 5.74. The van der Waals surface area contributed by atoms with E-state index in [9.17, 15) is 4.79 Å². The van der Waals surface area contributed by atoms with E-state index in [1.165, 1.54) is 0 Å². The number of rotatable bonds is 5. The van der Waals surface area contributed by atoms with Gasteiger partial charge in [-0.2, -0.15) is 0 Å². The Morgan fingerprint density at radius 2 is 2.15 bits per heavy atom. The molecule has 0 aliphatic carbocycles. The van der Waals surface area contributed by atoms with Crippen molar-refractivity contribution < 1.29 is 9.90 Å². The summed E-state index contributed by atoms with van der Waals surface area (Å²) in [4.78, 5) is 11.5. The minimum absolute atomic E-state index is 0.0996. The fourth-order valence-corrected chi connectivity index (χ4v) is 1.58. The van der Waals surface area contributed by atoms with Gasteiger partial charge in [0.05, 0.1) is 31.1 Å². The first-order chi connectivity index (χ1) is 9.69. The molecular weight excluding hydrogens is 258 g/mol. The molecule has 1 heterocycles. The molecule has 7 nitrogen and oxygen atoms in total. The third kappa shape index (κ3) is 3.79. The zero-order chi connectivity index (χ0) is 14.4. The molecule has 2 amide bonds. The van der Waals surface area contributed by atoms with E-state index in [1.807, 2.05) is 30.3 Å². The van der Waals surface area contributed by atoms with Gasteiger partial charge in [0.1, 0.15) is 5.69 Å². The molecule has 3 N–H and O–H groups in total. The zero-order valence-corrected chi connectivity index (χ0v) is 11.2. The van der Waals surface area contributed by atoms with Crippen LogP contribution < -0.4 is 10.6 Å². The zero-order valence-electron chi connectivity index (χ0n) is 11.2. The number of hydrogen-bond acceptors (Lipinski definition) is 4. The number of carbonyl (C=O) groups excluding carboxylic acids is 1. The second kappa shape index (κ2) is 6.67. The van der Waals surface area contributed by atoms with Crippen LogP contribution in [0, 0.1) is 0 Å². The fourth-order valence-electron chi connectivity index (χ4n) is 1.58. The number of benzene rings is 1. The van der Waals surface area contributed by atoms with Crippen molar-refractivity contribution in [3.8, 4) is 5.69 Å². The monoisotopic (exact) mass is 275 g/mol. The molecule has 0 saturated heterocycles. The number of aliphatic hydroxyl groups excluding tert-OH is 1. The Balaban J connectivity index is 1.89. The van der Waals surface area contributed by atoms with Crippen LogP contribution in [0.3, 0.4) is 0 Å². The van der Waals surface area contributed by atoms with Crippen LogP contribution in [0.5, 0.6) is 0 Å². The third-order valence-electron chi connectivity index (χ3n) is 2.64. The fraction of sp³-hybridized carbons (Fsp3) is 0.308. The summed E-state index contributed by atoms with van der Waals surface area (Å²) in [5.74, 6) is 0. The highest BCUT2D eigenvalue weighted by Gasteiger charge is 2.07. The lowest BCUT2D eigenvalue weighted by molar-refractivity contribution is 0.220. The highest BCUT2D eigenvalue weighted by atomic mass is 16.3. The topological polar surface area (TPSA) is 92.1 Å². The van der Waals surface area contributed by atoms with E-state index in [2.05, 4.69) is 20.9 Å². The van der Waals surface area contributed by atoms with E-state index in [0.717, 1.165) is 5.69 Å². The van der Waals surface area contributed by atoms with Gasteiger partial charge in [-0.05, 0) is 19.1 Å². The second-order valence-electron chi connectivity index (χ2n) is 4.40. The quantitative estimate of drug-likeness (QED) is 0.738. The van der Waals surface area contributed by atoms with Crippen molar-refractivity contribution in [3.63, 3.8) is 0 Å². The molecule has 0 fully saturated rings. The number of aliphatic hydroxyl groups is 1. The summed E-state index contributed by atoms with van der Waals surface area (Å²) >= 11 is 0. The molecule has 1 atom stereocenters. The van der Waals surface area contributed by atoms with Crippen LogP contribution in [-0.2, 0) is 6.54 Å². The van der Waals surface area contributed by atoms with Crippen molar-refractivity contribution in [2.45, 2.75) is 19.5 Å². The van der Waals surface area contributed by atoms with Crippen LogP contribution in [-0.4, -0.2) is 38.8 Å². The van der Waals surface area contributed by atoms with Crippen LogP contribution in [0.15, 0.2) is 36.5 Å². The van der Waals surface area contributed by atoms with E-state index >= 15 is 0 Å². The Bertz CT molecular complexity index is 555. The van der Waals surface area contributed by atoms with Gasteiger partial charge in [0, 0.05) is 0 Å². The number of aromatic nitrogens is 3. The molecule has 2 aromatic rings. The molecule has 106 valence electrons. The number of nitrogens with zero attached hydrogens (tertiary/aromatic N) is 3. The van der Waals surface area contributed by atoms with Crippen molar-refractivity contribution in [1.29, 1.82) is 0 Å². The van der Waals surface area contributed by atoms with E-state index in [-0.39, 0.29) is 25.2 Å². The van der Waals surface area contributed by atoms with Crippen molar-refractivity contribution in [2.75, 3.05) is 6.61 Å². The van der Waals surface area contributed by atoms with Crippen molar-refractivity contribution in [3.05, 3.63) is 42.2 Å². The number of nitrogens with one attached hydrogen (secondary N) is 2. The maximum atomic E-state index is 11.5. The molecule has 0 radical (unpaired) electrons. The van der Waals surface area contributed by atoms with Crippen LogP contribution in [0.4, 0.5) is 4.79 Å². The number of urea groups is 1. The Kier molecular flexibility index (Phi) is 4.67. The first kappa shape index (κ1) is 14.0. The van der Waals surface area contributed by atoms with E-state index in [0.29, 0.717) is 5.69 Å². The highest BCUT2D eigenvalue weighted by Crippen LogP contribution is 2.05. The molecule has 7 heteroatoms. The number of amides is 2. The summed E-state index contributed by atoms with van der Waals surface area (Å²) in [6.45, 7) is 1.89. The first-order valence-corrected chi connectivity index (χ1v) is 6.31. The standard InChI is InChI=1S/C13H17N5O2/c1-10(9-19)15-13(20)14-7-11-8-18(17-16-11)12-5-3-2-4-6-12/h2-6,8,10,19H,7,9H2,1H3,(H2,14,15,20). The minimum atomic E-state index is -0.346. The van der Waals surface area contributed by atoms with Crippen LogP contribution in [0.2, 0.25) is 0 Å². The van der Waals surface area contributed by atoms with Gasteiger partial charge in [-0.3, -0.25) is 0 Å². The van der Waals surface area contributed by atoms with E-state index < -0.39 is 0 Å². The lowest BCUT2D eigenvalue weighted by atomic mass is 10.3. The number of carbonyl (C=O) groups is 1. The molecule has 0 aliphatic heterocycles. The molecule has 0 bridgehead atoms. The van der Waals surface area contributed by atoms with Gasteiger partial charge in [0.15, 0.2) is 0 Å².